The standard InChI is InChI=1S/C10H24N2O2S/c1-5-11(6-2)9-10-12(7-3)15(13,14)8-4/h5-10H2,1-4H3. The summed E-state index contributed by atoms with van der Waals surface area (Å²) in [5.41, 5.74) is 0. The fourth-order valence-corrected chi connectivity index (χ4v) is 2.59. The van der Waals surface area contributed by atoms with Gasteiger partial charge in [-0.25, -0.2) is 12.7 Å². The summed E-state index contributed by atoms with van der Waals surface area (Å²) in [5.74, 6) is 0.194. The van der Waals surface area contributed by atoms with Crippen LogP contribution in [0.1, 0.15) is 27.7 Å². The van der Waals surface area contributed by atoms with Gasteiger partial charge < -0.3 is 4.90 Å². The second-order valence-corrected chi connectivity index (χ2v) is 5.68. The lowest BCUT2D eigenvalue weighted by molar-refractivity contribution is 0.274. The van der Waals surface area contributed by atoms with Crippen molar-refractivity contribution in [1.29, 1.82) is 0 Å². The van der Waals surface area contributed by atoms with Gasteiger partial charge in [0.05, 0.1) is 5.75 Å². The van der Waals surface area contributed by atoms with Gasteiger partial charge in [-0.3, -0.25) is 0 Å². The van der Waals surface area contributed by atoms with Crippen LogP contribution in [0.4, 0.5) is 0 Å². The lowest BCUT2D eigenvalue weighted by Crippen LogP contribution is -2.39. The first kappa shape index (κ1) is 14.9. The second-order valence-electron chi connectivity index (χ2n) is 3.42. The van der Waals surface area contributed by atoms with E-state index in [9.17, 15) is 8.42 Å². The van der Waals surface area contributed by atoms with Crippen LogP contribution in [-0.4, -0.2) is 56.1 Å². The Balaban J connectivity index is 4.23. The summed E-state index contributed by atoms with van der Waals surface area (Å²) in [6, 6.07) is 0. The third kappa shape index (κ3) is 4.95. The Morgan fingerprint density at radius 3 is 1.73 bits per heavy atom. The van der Waals surface area contributed by atoms with Gasteiger partial charge in [0, 0.05) is 19.6 Å². The van der Waals surface area contributed by atoms with Crippen LogP contribution >= 0.6 is 0 Å². The maximum Gasteiger partial charge on any atom is 0.213 e. The average molecular weight is 236 g/mol. The molecule has 4 nitrogen and oxygen atoms in total. The molecule has 0 radical (unpaired) electrons. The summed E-state index contributed by atoms with van der Waals surface area (Å²) in [7, 11) is -3.02. The molecule has 0 spiro atoms. The van der Waals surface area contributed by atoms with Crippen LogP contribution in [0.25, 0.3) is 0 Å². The van der Waals surface area contributed by atoms with E-state index in [1.165, 1.54) is 0 Å². The number of hydrogen-bond acceptors (Lipinski definition) is 3. The highest BCUT2D eigenvalue weighted by molar-refractivity contribution is 7.89. The molecule has 0 aliphatic carbocycles. The van der Waals surface area contributed by atoms with Gasteiger partial charge in [-0.15, -0.1) is 0 Å². The predicted octanol–water partition coefficient (Wildman–Crippen LogP) is 1.000. The zero-order chi connectivity index (χ0) is 11.9. The summed E-state index contributed by atoms with van der Waals surface area (Å²) in [6.45, 7) is 11.7. The summed E-state index contributed by atoms with van der Waals surface area (Å²) < 4.78 is 24.8. The van der Waals surface area contributed by atoms with Crippen LogP contribution in [0.2, 0.25) is 0 Å². The van der Waals surface area contributed by atoms with Gasteiger partial charge in [0.15, 0.2) is 0 Å². The molecule has 0 aliphatic rings. The largest absolute Gasteiger partial charge is 0.303 e. The van der Waals surface area contributed by atoms with Crippen molar-refractivity contribution in [2.24, 2.45) is 0 Å². The minimum absolute atomic E-state index is 0.194. The van der Waals surface area contributed by atoms with Crippen LogP contribution < -0.4 is 0 Å². The minimum Gasteiger partial charge on any atom is -0.303 e. The zero-order valence-corrected chi connectivity index (χ0v) is 11.2. The second kappa shape index (κ2) is 7.19. The SMILES string of the molecule is CCN(CC)CCN(CC)S(=O)(=O)CC. The van der Waals surface area contributed by atoms with Crippen molar-refractivity contribution in [3.05, 3.63) is 0 Å². The molecule has 0 amide bonds. The molecule has 0 fully saturated rings. The number of sulfonamides is 1. The fraction of sp³-hybridized carbons (Fsp3) is 1.00. The molecular weight excluding hydrogens is 212 g/mol. The topological polar surface area (TPSA) is 40.6 Å². The molecule has 0 unspecified atom stereocenters. The van der Waals surface area contributed by atoms with E-state index in [4.69, 9.17) is 0 Å². The first-order valence-corrected chi connectivity index (χ1v) is 7.32. The summed E-state index contributed by atoms with van der Waals surface area (Å²) in [4.78, 5) is 2.23. The van der Waals surface area contributed by atoms with E-state index in [0.29, 0.717) is 13.1 Å². The van der Waals surface area contributed by atoms with Gasteiger partial charge in [-0.1, -0.05) is 20.8 Å². The van der Waals surface area contributed by atoms with E-state index >= 15 is 0 Å². The van der Waals surface area contributed by atoms with Crippen molar-refractivity contribution in [2.45, 2.75) is 27.7 Å². The van der Waals surface area contributed by atoms with E-state index in [2.05, 4.69) is 18.7 Å². The lowest BCUT2D eigenvalue weighted by atomic mass is 10.4. The van der Waals surface area contributed by atoms with Crippen molar-refractivity contribution in [2.75, 3.05) is 38.5 Å². The van der Waals surface area contributed by atoms with Crippen LogP contribution in [-0.2, 0) is 10.0 Å². The van der Waals surface area contributed by atoms with Crippen LogP contribution in [0.3, 0.4) is 0 Å². The molecular formula is C10H24N2O2S. The third-order valence-electron chi connectivity index (χ3n) is 2.67. The van der Waals surface area contributed by atoms with Gasteiger partial charge in [0.25, 0.3) is 0 Å². The maximum absolute atomic E-state index is 11.6. The normalized spacial score (nSPS) is 12.7. The number of nitrogens with zero attached hydrogens (tertiary/aromatic N) is 2. The van der Waals surface area contributed by atoms with Crippen molar-refractivity contribution < 1.29 is 8.42 Å². The number of rotatable bonds is 8. The van der Waals surface area contributed by atoms with Gasteiger partial charge >= 0.3 is 0 Å². The average Bonchev–Trinajstić information content (AvgIpc) is 2.24. The molecule has 15 heavy (non-hydrogen) atoms. The Hall–Kier alpha value is -0.130. The lowest BCUT2D eigenvalue weighted by Gasteiger charge is -2.24. The molecule has 92 valence electrons. The first-order valence-electron chi connectivity index (χ1n) is 5.71. The summed E-state index contributed by atoms with van der Waals surface area (Å²) >= 11 is 0. The molecule has 0 saturated carbocycles. The molecule has 0 atom stereocenters. The molecule has 5 heteroatoms. The molecule has 0 aromatic rings. The molecule has 0 saturated heterocycles. The summed E-state index contributed by atoms with van der Waals surface area (Å²) in [6.07, 6.45) is 0. The Bertz CT molecular complexity index is 248. The number of hydrogen-bond donors (Lipinski definition) is 0. The van der Waals surface area contributed by atoms with Crippen LogP contribution in [0.5, 0.6) is 0 Å². The zero-order valence-electron chi connectivity index (χ0n) is 10.4. The van der Waals surface area contributed by atoms with Crippen molar-refractivity contribution >= 4 is 10.0 Å². The Morgan fingerprint density at radius 2 is 1.40 bits per heavy atom. The molecule has 0 heterocycles. The Kier molecular flexibility index (Phi) is 7.13. The first-order chi connectivity index (χ1) is 7.01. The molecule has 0 aromatic heterocycles. The van der Waals surface area contributed by atoms with Gasteiger partial charge in [0.2, 0.25) is 10.0 Å². The maximum atomic E-state index is 11.6. The van der Waals surface area contributed by atoms with E-state index in [-0.39, 0.29) is 5.75 Å². The quantitative estimate of drug-likeness (QED) is 0.631. The van der Waals surface area contributed by atoms with E-state index in [1.54, 1.807) is 11.2 Å². The Morgan fingerprint density at radius 1 is 0.867 bits per heavy atom. The van der Waals surface area contributed by atoms with E-state index in [0.717, 1.165) is 19.6 Å². The molecule has 0 rings (SSSR count). The van der Waals surface area contributed by atoms with Gasteiger partial charge in [-0.05, 0) is 20.0 Å². The Labute approximate surface area is 94.3 Å². The number of likely N-dealkylation sites (N-methyl/N-ethyl adjacent to an activating group) is 2. The fourth-order valence-electron chi connectivity index (χ4n) is 1.47. The monoisotopic (exact) mass is 236 g/mol. The summed E-state index contributed by atoms with van der Waals surface area (Å²) in [5, 5.41) is 0. The van der Waals surface area contributed by atoms with E-state index < -0.39 is 10.0 Å². The van der Waals surface area contributed by atoms with Gasteiger partial charge in [0.1, 0.15) is 0 Å². The third-order valence-corrected chi connectivity index (χ3v) is 4.63. The highest BCUT2D eigenvalue weighted by Gasteiger charge is 2.17. The predicted molar refractivity (Wildman–Crippen MR) is 64.5 cm³/mol. The molecule has 0 aliphatic heterocycles. The highest BCUT2D eigenvalue weighted by atomic mass is 32.2. The molecule has 0 N–H and O–H groups in total. The van der Waals surface area contributed by atoms with Crippen LogP contribution in [0.15, 0.2) is 0 Å². The molecule has 0 bridgehead atoms. The smallest absolute Gasteiger partial charge is 0.213 e. The highest BCUT2D eigenvalue weighted by Crippen LogP contribution is 2.01. The van der Waals surface area contributed by atoms with Crippen LogP contribution in [0, 0.1) is 0 Å². The van der Waals surface area contributed by atoms with Crippen molar-refractivity contribution in [3.8, 4) is 0 Å². The van der Waals surface area contributed by atoms with Gasteiger partial charge in [-0.2, -0.15) is 0 Å². The minimum atomic E-state index is -3.02. The van der Waals surface area contributed by atoms with E-state index in [1.807, 2.05) is 6.92 Å². The molecule has 0 aromatic carbocycles. The van der Waals surface area contributed by atoms with Crippen molar-refractivity contribution in [1.82, 2.24) is 9.21 Å². The van der Waals surface area contributed by atoms with Crippen molar-refractivity contribution in [3.63, 3.8) is 0 Å².